The monoisotopic (exact) mass is 440 g/mol. The van der Waals surface area contributed by atoms with Gasteiger partial charge in [-0.15, -0.1) is 0 Å². The van der Waals surface area contributed by atoms with Crippen LogP contribution in [-0.2, 0) is 15.7 Å². The fourth-order valence-electron chi connectivity index (χ4n) is 3.48. The topological polar surface area (TPSA) is 24.9 Å². The van der Waals surface area contributed by atoms with Crippen LogP contribution in [0.1, 0.15) is 12.0 Å². The van der Waals surface area contributed by atoms with Gasteiger partial charge in [0.05, 0.1) is 30.2 Å². The normalized spacial score (nSPS) is 13.5. The van der Waals surface area contributed by atoms with Gasteiger partial charge in [0.25, 0.3) is 0 Å². The smallest absolute Gasteiger partial charge is 0.383 e. The van der Waals surface area contributed by atoms with Crippen LogP contribution in [0.4, 0.5) is 24.5 Å². The molecule has 0 unspecified atom stereocenters. The van der Waals surface area contributed by atoms with Crippen LogP contribution in [0.15, 0.2) is 52.3 Å². The molecular weight excluding hydrogens is 413 g/mol. The zero-order valence-corrected chi connectivity index (χ0v) is 18.1. The van der Waals surface area contributed by atoms with Gasteiger partial charge in [0.1, 0.15) is 0 Å². The first-order valence-electron chi connectivity index (χ1n) is 9.90. The van der Waals surface area contributed by atoms with Crippen LogP contribution in [0.2, 0.25) is 0 Å². The first-order valence-corrected chi connectivity index (χ1v) is 10.7. The van der Waals surface area contributed by atoms with E-state index in [1.165, 1.54) is 17.8 Å². The Hall–Kier alpha value is -1.74. The molecule has 1 aliphatic rings. The van der Waals surface area contributed by atoms with Crippen molar-refractivity contribution in [3.8, 4) is 0 Å². The molecule has 0 aromatic heterocycles. The summed E-state index contributed by atoms with van der Waals surface area (Å²) in [6, 6.07) is 11.9. The van der Waals surface area contributed by atoms with Crippen molar-refractivity contribution in [2.45, 2.75) is 22.4 Å². The van der Waals surface area contributed by atoms with Crippen LogP contribution in [-0.4, -0.2) is 58.5 Å². The molecule has 164 valence electrons. The third kappa shape index (κ3) is 5.69. The SMILES string of the molecule is COCCN(CCCN1c2ccccc2Sc2ccc(C(F)(F)F)cc21)CCOC. The van der Waals surface area contributed by atoms with Gasteiger partial charge in [0, 0.05) is 50.2 Å². The molecular formula is C22H27F3N2O2S. The zero-order valence-electron chi connectivity index (χ0n) is 17.2. The molecule has 8 heteroatoms. The van der Waals surface area contributed by atoms with Crippen molar-refractivity contribution in [2.75, 3.05) is 58.5 Å². The molecule has 0 atom stereocenters. The highest BCUT2D eigenvalue weighted by Gasteiger charge is 2.33. The Bertz CT molecular complexity index is 824. The molecule has 2 aromatic rings. The predicted octanol–water partition coefficient (Wildman–Crippen LogP) is 5.29. The molecule has 30 heavy (non-hydrogen) atoms. The number of rotatable bonds is 10. The zero-order chi connectivity index (χ0) is 21.6. The number of methoxy groups -OCH3 is 2. The van der Waals surface area contributed by atoms with E-state index < -0.39 is 11.7 Å². The minimum Gasteiger partial charge on any atom is -0.383 e. The molecule has 1 aliphatic heterocycles. The fraction of sp³-hybridized carbons (Fsp3) is 0.455. The van der Waals surface area contributed by atoms with Crippen LogP contribution in [0.3, 0.4) is 0 Å². The molecule has 0 saturated heterocycles. The van der Waals surface area contributed by atoms with E-state index in [-0.39, 0.29) is 0 Å². The van der Waals surface area contributed by atoms with E-state index in [0.29, 0.717) is 25.4 Å². The van der Waals surface area contributed by atoms with E-state index in [1.54, 1.807) is 20.3 Å². The molecule has 2 aromatic carbocycles. The number of halogens is 3. The number of nitrogens with zero attached hydrogens (tertiary/aromatic N) is 2. The van der Waals surface area contributed by atoms with Crippen LogP contribution in [0.5, 0.6) is 0 Å². The summed E-state index contributed by atoms with van der Waals surface area (Å²) in [7, 11) is 3.35. The van der Waals surface area contributed by atoms with Crippen LogP contribution >= 0.6 is 11.8 Å². The molecule has 0 spiro atoms. The van der Waals surface area contributed by atoms with Gasteiger partial charge in [0.15, 0.2) is 0 Å². The second-order valence-corrected chi connectivity index (χ2v) is 8.17. The molecule has 0 saturated carbocycles. The number of benzene rings is 2. The first kappa shape index (κ1) is 22.9. The third-order valence-electron chi connectivity index (χ3n) is 5.03. The van der Waals surface area contributed by atoms with E-state index >= 15 is 0 Å². The lowest BCUT2D eigenvalue weighted by atomic mass is 10.1. The first-order chi connectivity index (χ1) is 14.4. The number of alkyl halides is 3. The molecule has 3 rings (SSSR count). The Morgan fingerprint density at radius 1 is 0.900 bits per heavy atom. The number of hydrogen-bond acceptors (Lipinski definition) is 5. The van der Waals surface area contributed by atoms with Gasteiger partial charge >= 0.3 is 6.18 Å². The molecule has 0 bridgehead atoms. The molecule has 0 N–H and O–H groups in total. The summed E-state index contributed by atoms with van der Waals surface area (Å²) in [6.07, 6.45) is -3.55. The van der Waals surface area contributed by atoms with Gasteiger partial charge < -0.3 is 14.4 Å². The van der Waals surface area contributed by atoms with E-state index in [2.05, 4.69) is 4.90 Å². The summed E-state index contributed by atoms with van der Waals surface area (Å²) in [6.45, 7) is 4.28. The van der Waals surface area contributed by atoms with Crippen molar-refractivity contribution in [3.63, 3.8) is 0 Å². The fourth-order valence-corrected chi connectivity index (χ4v) is 4.55. The highest BCUT2D eigenvalue weighted by Crippen LogP contribution is 2.49. The molecule has 4 nitrogen and oxygen atoms in total. The lowest BCUT2D eigenvalue weighted by Crippen LogP contribution is -2.33. The Morgan fingerprint density at radius 3 is 2.23 bits per heavy atom. The van der Waals surface area contributed by atoms with Crippen LogP contribution < -0.4 is 4.90 Å². The average molecular weight is 441 g/mol. The van der Waals surface area contributed by atoms with Crippen molar-refractivity contribution < 1.29 is 22.6 Å². The quantitative estimate of drug-likeness (QED) is 0.500. The number of ether oxygens (including phenoxy) is 2. The van der Waals surface area contributed by atoms with Gasteiger partial charge in [0.2, 0.25) is 0 Å². The lowest BCUT2D eigenvalue weighted by Gasteiger charge is -2.34. The van der Waals surface area contributed by atoms with Crippen LogP contribution in [0.25, 0.3) is 0 Å². The second-order valence-electron chi connectivity index (χ2n) is 7.08. The minimum atomic E-state index is -4.36. The van der Waals surface area contributed by atoms with Crippen molar-refractivity contribution in [3.05, 3.63) is 48.0 Å². The van der Waals surface area contributed by atoms with Gasteiger partial charge in [-0.2, -0.15) is 13.2 Å². The van der Waals surface area contributed by atoms with Crippen molar-refractivity contribution in [2.24, 2.45) is 0 Å². The van der Waals surface area contributed by atoms with Gasteiger partial charge in [-0.25, -0.2) is 0 Å². The van der Waals surface area contributed by atoms with Crippen molar-refractivity contribution >= 4 is 23.1 Å². The molecule has 0 fully saturated rings. The number of fused-ring (bicyclic) bond motifs is 2. The van der Waals surface area contributed by atoms with Crippen molar-refractivity contribution in [1.82, 2.24) is 4.90 Å². The van der Waals surface area contributed by atoms with Crippen LogP contribution in [0, 0.1) is 0 Å². The predicted molar refractivity (Wildman–Crippen MR) is 114 cm³/mol. The summed E-state index contributed by atoms with van der Waals surface area (Å²) >= 11 is 1.52. The summed E-state index contributed by atoms with van der Waals surface area (Å²) in [5, 5.41) is 0. The maximum Gasteiger partial charge on any atom is 0.416 e. The van der Waals surface area contributed by atoms with Gasteiger partial charge in [-0.1, -0.05) is 23.9 Å². The average Bonchev–Trinajstić information content (AvgIpc) is 2.73. The summed E-state index contributed by atoms with van der Waals surface area (Å²) in [4.78, 5) is 6.17. The molecule has 0 radical (unpaired) electrons. The Balaban J connectivity index is 1.79. The molecule has 1 heterocycles. The summed E-state index contributed by atoms with van der Waals surface area (Å²) < 4.78 is 50.3. The van der Waals surface area contributed by atoms with E-state index in [0.717, 1.165) is 47.6 Å². The summed E-state index contributed by atoms with van der Waals surface area (Å²) in [5.41, 5.74) is 0.955. The van der Waals surface area contributed by atoms with E-state index in [4.69, 9.17) is 9.47 Å². The number of anilines is 2. The van der Waals surface area contributed by atoms with Crippen molar-refractivity contribution in [1.29, 1.82) is 0 Å². The molecule has 0 amide bonds. The summed E-state index contributed by atoms with van der Waals surface area (Å²) in [5.74, 6) is 0. The standard InChI is InChI=1S/C22H27F3N2O2S/c1-28-14-12-26(13-15-29-2)10-5-11-27-18-6-3-4-7-20(18)30-21-9-8-17(16-19(21)27)22(23,24)25/h3-4,6-9,16H,5,10-15H2,1-2H3. The Morgan fingerprint density at radius 2 is 1.57 bits per heavy atom. The lowest BCUT2D eigenvalue weighted by molar-refractivity contribution is -0.137. The highest BCUT2D eigenvalue weighted by molar-refractivity contribution is 7.99. The maximum atomic E-state index is 13.3. The highest BCUT2D eigenvalue weighted by atomic mass is 32.2. The van der Waals surface area contributed by atoms with E-state index in [1.807, 2.05) is 29.2 Å². The number of para-hydroxylation sites is 1. The Kier molecular flexibility index (Phi) is 8.05. The number of hydrogen-bond donors (Lipinski definition) is 0. The van der Waals surface area contributed by atoms with E-state index in [9.17, 15) is 13.2 Å². The minimum absolute atomic E-state index is 0.618. The largest absolute Gasteiger partial charge is 0.416 e. The Labute approximate surface area is 179 Å². The third-order valence-corrected chi connectivity index (χ3v) is 6.16. The van der Waals surface area contributed by atoms with Gasteiger partial charge in [-0.05, 0) is 36.8 Å². The molecule has 0 aliphatic carbocycles. The van der Waals surface area contributed by atoms with Gasteiger partial charge in [-0.3, -0.25) is 4.90 Å². The second kappa shape index (κ2) is 10.5. The maximum absolute atomic E-state index is 13.3.